The van der Waals surface area contributed by atoms with E-state index in [1.807, 2.05) is 50.2 Å². The summed E-state index contributed by atoms with van der Waals surface area (Å²) in [7, 11) is -3.58. The normalized spacial score (nSPS) is 11.5. The number of nitrogens with zero attached hydrogens (tertiary/aromatic N) is 1. The van der Waals surface area contributed by atoms with Crippen LogP contribution in [-0.2, 0) is 20.6 Å². The SMILES string of the molecule is CC(C)c1ccccc1N(CC(=O)NCCCSCc1cccc(Cl)c1)S(C)(=O)=O. The molecule has 0 saturated heterocycles. The first-order valence-electron chi connectivity index (χ1n) is 9.84. The Kier molecular flexibility index (Phi) is 9.52. The topological polar surface area (TPSA) is 66.5 Å². The van der Waals surface area contributed by atoms with Crippen molar-refractivity contribution in [2.75, 3.05) is 29.4 Å². The monoisotopic (exact) mass is 468 g/mol. The minimum atomic E-state index is -3.58. The summed E-state index contributed by atoms with van der Waals surface area (Å²) in [6, 6.07) is 15.1. The van der Waals surface area contributed by atoms with E-state index in [-0.39, 0.29) is 18.4 Å². The number of anilines is 1. The molecule has 0 aliphatic carbocycles. The number of amides is 1. The van der Waals surface area contributed by atoms with Crippen LogP contribution in [0, 0.1) is 0 Å². The van der Waals surface area contributed by atoms with E-state index in [1.165, 1.54) is 9.87 Å². The number of halogens is 1. The van der Waals surface area contributed by atoms with Gasteiger partial charge in [-0.05, 0) is 47.4 Å². The van der Waals surface area contributed by atoms with E-state index in [0.717, 1.165) is 34.8 Å². The lowest BCUT2D eigenvalue weighted by Gasteiger charge is -2.25. The third-order valence-electron chi connectivity index (χ3n) is 4.46. The van der Waals surface area contributed by atoms with Crippen molar-refractivity contribution in [1.82, 2.24) is 5.32 Å². The van der Waals surface area contributed by atoms with Gasteiger partial charge in [0.1, 0.15) is 6.54 Å². The molecule has 0 saturated carbocycles. The van der Waals surface area contributed by atoms with E-state index in [1.54, 1.807) is 23.9 Å². The molecule has 2 aromatic rings. The van der Waals surface area contributed by atoms with Gasteiger partial charge in [0.05, 0.1) is 11.9 Å². The first-order chi connectivity index (χ1) is 14.2. The maximum atomic E-state index is 12.4. The summed E-state index contributed by atoms with van der Waals surface area (Å²) in [6.07, 6.45) is 1.93. The number of hydrogen-bond acceptors (Lipinski definition) is 4. The van der Waals surface area contributed by atoms with Crippen LogP contribution in [-0.4, -0.2) is 39.4 Å². The van der Waals surface area contributed by atoms with Crippen LogP contribution in [0.1, 0.15) is 37.3 Å². The molecule has 164 valence electrons. The molecule has 0 unspecified atom stereocenters. The highest BCUT2D eigenvalue weighted by Gasteiger charge is 2.23. The van der Waals surface area contributed by atoms with Crippen molar-refractivity contribution in [3.05, 3.63) is 64.7 Å². The van der Waals surface area contributed by atoms with Crippen LogP contribution in [0.25, 0.3) is 0 Å². The highest BCUT2D eigenvalue weighted by molar-refractivity contribution is 7.98. The van der Waals surface area contributed by atoms with Gasteiger partial charge in [0.25, 0.3) is 0 Å². The lowest BCUT2D eigenvalue weighted by atomic mass is 10.0. The van der Waals surface area contributed by atoms with Crippen molar-refractivity contribution in [2.24, 2.45) is 0 Å². The van der Waals surface area contributed by atoms with Crippen LogP contribution in [0.15, 0.2) is 48.5 Å². The van der Waals surface area contributed by atoms with Crippen molar-refractivity contribution in [2.45, 2.75) is 31.9 Å². The Bertz CT molecular complexity index is 949. The second-order valence-corrected chi connectivity index (χ2v) is 10.8. The molecule has 0 radical (unpaired) electrons. The third kappa shape index (κ3) is 7.85. The first-order valence-corrected chi connectivity index (χ1v) is 13.2. The minimum Gasteiger partial charge on any atom is -0.354 e. The van der Waals surface area contributed by atoms with Crippen molar-refractivity contribution in [3.8, 4) is 0 Å². The number of carbonyl (C=O) groups is 1. The molecule has 0 heterocycles. The lowest BCUT2D eigenvalue weighted by molar-refractivity contribution is -0.119. The van der Waals surface area contributed by atoms with Crippen LogP contribution in [0.3, 0.4) is 0 Å². The molecule has 0 aliphatic rings. The molecule has 0 fully saturated rings. The Morgan fingerprint density at radius 2 is 1.90 bits per heavy atom. The molecule has 0 bridgehead atoms. The first kappa shape index (κ1) is 24.6. The highest BCUT2D eigenvalue weighted by Crippen LogP contribution is 2.28. The fourth-order valence-corrected chi connectivity index (χ4v) is 4.99. The van der Waals surface area contributed by atoms with E-state index < -0.39 is 10.0 Å². The number of thioether (sulfide) groups is 1. The van der Waals surface area contributed by atoms with E-state index >= 15 is 0 Å². The van der Waals surface area contributed by atoms with Gasteiger partial charge in [0, 0.05) is 17.3 Å². The fraction of sp³-hybridized carbons (Fsp3) is 0.409. The van der Waals surface area contributed by atoms with Gasteiger partial charge in [0.2, 0.25) is 15.9 Å². The third-order valence-corrected chi connectivity index (χ3v) is 6.94. The average molecular weight is 469 g/mol. The molecule has 2 aromatic carbocycles. The Morgan fingerprint density at radius 3 is 2.57 bits per heavy atom. The maximum absolute atomic E-state index is 12.4. The van der Waals surface area contributed by atoms with Gasteiger partial charge in [-0.15, -0.1) is 0 Å². The number of benzene rings is 2. The molecule has 2 rings (SSSR count). The number of nitrogens with one attached hydrogen (secondary N) is 1. The van der Waals surface area contributed by atoms with Crippen LogP contribution in [0.4, 0.5) is 5.69 Å². The summed E-state index contributed by atoms with van der Waals surface area (Å²) in [5, 5.41) is 3.56. The second-order valence-electron chi connectivity index (χ2n) is 7.37. The highest BCUT2D eigenvalue weighted by atomic mass is 35.5. The zero-order chi connectivity index (χ0) is 22.1. The molecular weight excluding hydrogens is 440 g/mol. The van der Waals surface area contributed by atoms with Crippen molar-refractivity contribution < 1.29 is 13.2 Å². The molecule has 0 aliphatic heterocycles. The van der Waals surface area contributed by atoms with Gasteiger partial charge >= 0.3 is 0 Å². The number of sulfonamides is 1. The summed E-state index contributed by atoms with van der Waals surface area (Å²) >= 11 is 7.75. The molecule has 0 atom stereocenters. The quantitative estimate of drug-likeness (QED) is 0.486. The van der Waals surface area contributed by atoms with E-state index in [0.29, 0.717) is 12.2 Å². The molecular formula is C22H29ClN2O3S2. The molecule has 30 heavy (non-hydrogen) atoms. The maximum Gasteiger partial charge on any atom is 0.240 e. The Morgan fingerprint density at radius 1 is 1.17 bits per heavy atom. The van der Waals surface area contributed by atoms with Gasteiger partial charge < -0.3 is 5.32 Å². The summed E-state index contributed by atoms with van der Waals surface area (Å²) < 4.78 is 25.9. The van der Waals surface area contributed by atoms with Crippen LogP contribution in [0.5, 0.6) is 0 Å². The predicted molar refractivity (Wildman–Crippen MR) is 128 cm³/mol. The molecule has 1 N–H and O–H groups in total. The lowest BCUT2D eigenvalue weighted by Crippen LogP contribution is -2.41. The van der Waals surface area contributed by atoms with Crippen molar-refractivity contribution >= 4 is 45.0 Å². The Hall–Kier alpha value is -1.70. The van der Waals surface area contributed by atoms with Crippen LogP contribution in [0.2, 0.25) is 5.02 Å². The predicted octanol–water partition coefficient (Wildman–Crippen LogP) is 4.67. The summed E-state index contributed by atoms with van der Waals surface area (Å²) in [5.74, 6) is 1.59. The smallest absolute Gasteiger partial charge is 0.240 e. The van der Waals surface area contributed by atoms with Gasteiger partial charge in [-0.1, -0.05) is 55.8 Å². The Balaban J connectivity index is 1.84. The summed E-state index contributed by atoms with van der Waals surface area (Å²) in [4.78, 5) is 12.4. The number of hydrogen-bond donors (Lipinski definition) is 1. The Labute approximate surface area is 189 Å². The van der Waals surface area contributed by atoms with Gasteiger partial charge in [-0.25, -0.2) is 8.42 Å². The molecule has 1 amide bonds. The average Bonchev–Trinajstić information content (AvgIpc) is 2.68. The van der Waals surface area contributed by atoms with E-state index in [4.69, 9.17) is 11.6 Å². The molecule has 0 spiro atoms. The molecule has 5 nitrogen and oxygen atoms in total. The number of rotatable bonds is 11. The van der Waals surface area contributed by atoms with Gasteiger partial charge in [0.15, 0.2) is 0 Å². The van der Waals surface area contributed by atoms with Gasteiger partial charge in [-0.3, -0.25) is 9.10 Å². The van der Waals surface area contributed by atoms with Crippen LogP contribution >= 0.6 is 23.4 Å². The number of para-hydroxylation sites is 1. The second kappa shape index (κ2) is 11.6. The van der Waals surface area contributed by atoms with Crippen molar-refractivity contribution in [1.29, 1.82) is 0 Å². The van der Waals surface area contributed by atoms with E-state index in [2.05, 4.69) is 5.32 Å². The summed E-state index contributed by atoms with van der Waals surface area (Å²) in [5.41, 5.74) is 2.62. The molecule has 0 aromatic heterocycles. The van der Waals surface area contributed by atoms with Crippen molar-refractivity contribution in [3.63, 3.8) is 0 Å². The van der Waals surface area contributed by atoms with E-state index in [9.17, 15) is 13.2 Å². The fourth-order valence-electron chi connectivity index (χ4n) is 2.99. The largest absolute Gasteiger partial charge is 0.354 e. The van der Waals surface area contributed by atoms with Gasteiger partial charge in [-0.2, -0.15) is 11.8 Å². The number of carbonyl (C=O) groups excluding carboxylic acids is 1. The minimum absolute atomic E-state index is 0.144. The molecule has 8 heteroatoms. The van der Waals surface area contributed by atoms with Crippen LogP contribution < -0.4 is 9.62 Å². The zero-order valence-electron chi connectivity index (χ0n) is 17.6. The summed E-state index contributed by atoms with van der Waals surface area (Å²) in [6.45, 7) is 4.28. The zero-order valence-corrected chi connectivity index (χ0v) is 20.0. The standard InChI is InChI=1S/C22H29ClN2O3S2/c1-17(2)20-10-4-5-11-21(20)25(30(3,27)28)15-22(26)24-12-7-13-29-16-18-8-6-9-19(23)14-18/h4-6,8-11,14,17H,7,12-13,15-16H2,1-3H3,(H,24,26).